The van der Waals surface area contributed by atoms with Gasteiger partial charge in [-0.15, -0.1) is 0 Å². The standard InChI is InChI=1S/C23H35NO4/c1-4-27-21(25)16-8-6-10-24(13-16)14-18-17-11-19-15(2)7-5-9-23(19,3)12-20(17)28-22(18)26/h16-18,20H,4-14H2,1-3H3/t16-,17+,18-,20+,23+/m0/s1. The Labute approximate surface area is 168 Å². The number of allylic oxidation sites excluding steroid dienone is 2. The van der Waals surface area contributed by atoms with Gasteiger partial charge in [0.1, 0.15) is 6.10 Å². The molecule has 0 N–H and O–H groups in total. The van der Waals surface area contributed by atoms with E-state index < -0.39 is 0 Å². The summed E-state index contributed by atoms with van der Waals surface area (Å²) in [5, 5.41) is 0. The van der Waals surface area contributed by atoms with Gasteiger partial charge in [-0.3, -0.25) is 9.59 Å². The van der Waals surface area contributed by atoms with Crippen LogP contribution in [0.1, 0.15) is 65.7 Å². The van der Waals surface area contributed by atoms with Gasteiger partial charge in [-0.25, -0.2) is 0 Å². The fraction of sp³-hybridized carbons (Fsp3) is 0.826. The van der Waals surface area contributed by atoms with E-state index in [9.17, 15) is 9.59 Å². The van der Waals surface area contributed by atoms with Crippen LogP contribution in [0, 0.1) is 23.2 Å². The lowest BCUT2D eigenvalue weighted by molar-refractivity contribution is -0.150. The topological polar surface area (TPSA) is 55.8 Å². The van der Waals surface area contributed by atoms with Gasteiger partial charge in [0.05, 0.1) is 18.4 Å². The molecular weight excluding hydrogens is 354 g/mol. The van der Waals surface area contributed by atoms with Crippen LogP contribution in [-0.2, 0) is 19.1 Å². The molecule has 28 heavy (non-hydrogen) atoms. The summed E-state index contributed by atoms with van der Waals surface area (Å²) in [4.78, 5) is 27.2. The molecule has 0 spiro atoms. The first-order valence-corrected chi connectivity index (χ1v) is 11.2. The van der Waals surface area contributed by atoms with Crippen molar-refractivity contribution in [2.45, 2.75) is 71.8 Å². The lowest BCUT2D eigenvalue weighted by atomic mass is 9.59. The van der Waals surface area contributed by atoms with Gasteiger partial charge in [-0.05, 0) is 70.8 Å². The summed E-state index contributed by atoms with van der Waals surface area (Å²) in [6.45, 7) is 9.33. The quantitative estimate of drug-likeness (QED) is 0.542. The molecule has 4 aliphatic rings. The number of nitrogens with zero attached hydrogens (tertiary/aromatic N) is 1. The summed E-state index contributed by atoms with van der Waals surface area (Å²) in [5.41, 5.74) is 3.37. The lowest BCUT2D eigenvalue weighted by Crippen LogP contribution is -2.45. The minimum atomic E-state index is -0.0875. The first-order chi connectivity index (χ1) is 13.4. The Bertz CT molecular complexity index is 672. The molecule has 2 heterocycles. The Morgan fingerprint density at radius 1 is 1.36 bits per heavy atom. The van der Waals surface area contributed by atoms with Crippen LogP contribution in [-0.4, -0.2) is 49.2 Å². The Morgan fingerprint density at radius 3 is 2.96 bits per heavy atom. The average Bonchev–Trinajstić information content (AvgIpc) is 2.94. The van der Waals surface area contributed by atoms with E-state index in [1.165, 1.54) is 19.3 Å². The predicted octanol–water partition coefficient (Wildman–Crippen LogP) is 3.72. The monoisotopic (exact) mass is 389 g/mol. The molecule has 3 fully saturated rings. The largest absolute Gasteiger partial charge is 0.466 e. The minimum Gasteiger partial charge on any atom is -0.466 e. The SMILES string of the molecule is CCOC(=O)[C@H]1CCCN(C[C@@H]2C(=O)O[C@@H]3C[C@@]4(C)CCCC(C)=C4C[C@H]23)C1. The molecule has 5 atom stereocenters. The number of carbonyl (C=O) groups excluding carboxylic acids is 2. The van der Waals surface area contributed by atoms with E-state index in [0.29, 0.717) is 19.1 Å². The van der Waals surface area contributed by atoms with Gasteiger partial charge in [0, 0.05) is 19.0 Å². The molecular formula is C23H35NO4. The predicted molar refractivity (Wildman–Crippen MR) is 107 cm³/mol. The number of fused-ring (bicyclic) bond motifs is 2. The van der Waals surface area contributed by atoms with Crippen molar-refractivity contribution in [2.24, 2.45) is 23.2 Å². The maximum atomic E-state index is 12.8. The van der Waals surface area contributed by atoms with Gasteiger partial charge in [-0.1, -0.05) is 18.1 Å². The molecule has 0 aromatic carbocycles. The second-order valence-corrected chi connectivity index (χ2v) is 9.68. The van der Waals surface area contributed by atoms with Crippen molar-refractivity contribution in [3.63, 3.8) is 0 Å². The Morgan fingerprint density at radius 2 is 2.18 bits per heavy atom. The van der Waals surface area contributed by atoms with Crippen LogP contribution in [0.4, 0.5) is 0 Å². The number of likely N-dealkylation sites (tertiary alicyclic amines) is 1. The van der Waals surface area contributed by atoms with Crippen molar-refractivity contribution in [2.75, 3.05) is 26.2 Å². The van der Waals surface area contributed by atoms with Gasteiger partial charge in [0.15, 0.2) is 0 Å². The molecule has 0 aromatic heterocycles. The third-order valence-electron chi connectivity index (χ3n) is 7.76. The van der Waals surface area contributed by atoms with E-state index >= 15 is 0 Å². The zero-order valence-corrected chi connectivity index (χ0v) is 17.7. The number of hydrogen-bond donors (Lipinski definition) is 0. The fourth-order valence-corrected chi connectivity index (χ4v) is 6.27. The molecule has 1 saturated carbocycles. The van der Waals surface area contributed by atoms with E-state index in [-0.39, 0.29) is 35.3 Å². The molecule has 2 aliphatic carbocycles. The molecule has 5 heteroatoms. The van der Waals surface area contributed by atoms with Crippen LogP contribution in [0.5, 0.6) is 0 Å². The molecule has 0 unspecified atom stereocenters. The van der Waals surface area contributed by atoms with Crippen LogP contribution >= 0.6 is 0 Å². The van der Waals surface area contributed by atoms with Crippen LogP contribution in [0.15, 0.2) is 11.1 Å². The summed E-state index contributed by atoms with van der Waals surface area (Å²) in [6.07, 6.45) is 7.62. The second kappa shape index (κ2) is 7.81. The zero-order valence-electron chi connectivity index (χ0n) is 17.7. The summed E-state index contributed by atoms with van der Waals surface area (Å²) in [7, 11) is 0. The molecule has 5 nitrogen and oxygen atoms in total. The number of esters is 2. The van der Waals surface area contributed by atoms with E-state index in [0.717, 1.165) is 38.8 Å². The summed E-state index contributed by atoms with van der Waals surface area (Å²) < 4.78 is 11.1. The van der Waals surface area contributed by atoms with Gasteiger partial charge in [0.25, 0.3) is 0 Å². The third-order valence-corrected chi connectivity index (χ3v) is 7.76. The van der Waals surface area contributed by atoms with Gasteiger partial charge < -0.3 is 14.4 Å². The average molecular weight is 390 g/mol. The number of rotatable bonds is 4. The van der Waals surface area contributed by atoms with Crippen molar-refractivity contribution in [3.8, 4) is 0 Å². The highest BCUT2D eigenvalue weighted by Crippen LogP contribution is 2.55. The Kier molecular flexibility index (Phi) is 5.56. The van der Waals surface area contributed by atoms with E-state index in [1.54, 1.807) is 11.1 Å². The zero-order chi connectivity index (χ0) is 19.9. The number of ether oxygens (including phenoxy) is 2. The number of carbonyl (C=O) groups is 2. The lowest BCUT2D eigenvalue weighted by Gasteiger charge is -2.46. The van der Waals surface area contributed by atoms with Crippen LogP contribution in [0.3, 0.4) is 0 Å². The van der Waals surface area contributed by atoms with Crippen molar-refractivity contribution >= 4 is 11.9 Å². The van der Waals surface area contributed by atoms with E-state index in [1.807, 2.05) is 6.92 Å². The van der Waals surface area contributed by atoms with Crippen molar-refractivity contribution in [1.82, 2.24) is 4.90 Å². The van der Waals surface area contributed by atoms with E-state index in [4.69, 9.17) is 9.47 Å². The third kappa shape index (κ3) is 3.62. The number of piperidine rings is 1. The molecule has 0 bridgehead atoms. The normalized spacial score (nSPS) is 38.6. The summed E-state index contributed by atoms with van der Waals surface area (Å²) >= 11 is 0. The highest BCUT2D eigenvalue weighted by Gasteiger charge is 2.53. The molecule has 2 aliphatic heterocycles. The van der Waals surface area contributed by atoms with Crippen LogP contribution < -0.4 is 0 Å². The first kappa shape index (κ1) is 19.9. The Balaban J connectivity index is 1.45. The molecule has 0 aromatic rings. The minimum absolute atomic E-state index is 0.0197. The highest BCUT2D eigenvalue weighted by molar-refractivity contribution is 5.76. The van der Waals surface area contributed by atoms with Crippen molar-refractivity contribution < 1.29 is 19.1 Å². The fourth-order valence-electron chi connectivity index (χ4n) is 6.27. The van der Waals surface area contributed by atoms with Gasteiger partial charge in [-0.2, -0.15) is 0 Å². The number of hydrogen-bond acceptors (Lipinski definition) is 5. The molecule has 156 valence electrons. The van der Waals surface area contributed by atoms with Crippen molar-refractivity contribution in [1.29, 1.82) is 0 Å². The van der Waals surface area contributed by atoms with Crippen LogP contribution in [0.25, 0.3) is 0 Å². The molecule has 0 amide bonds. The van der Waals surface area contributed by atoms with Crippen molar-refractivity contribution in [3.05, 3.63) is 11.1 Å². The Hall–Kier alpha value is -1.36. The smallest absolute Gasteiger partial charge is 0.310 e. The summed E-state index contributed by atoms with van der Waals surface area (Å²) in [6, 6.07) is 0. The molecule has 0 radical (unpaired) electrons. The maximum absolute atomic E-state index is 12.8. The molecule has 4 rings (SSSR count). The van der Waals surface area contributed by atoms with Gasteiger partial charge >= 0.3 is 11.9 Å². The summed E-state index contributed by atoms with van der Waals surface area (Å²) in [5.74, 6) is 0.0773. The van der Waals surface area contributed by atoms with Crippen LogP contribution in [0.2, 0.25) is 0 Å². The van der Waals surface area contributed by atoms with Gasteiger partial charge in [0.2, 0.25) is 0 Å². The second-order valence-electron chi connectivity index (χ2n) is 9.68. The highest BCUT2D eigenvalue weighted by atomic mass is 16.6. The first-order valence-electron chi connectivity index (χ1n) is 11.2. The molecule has 2 saturated heterocycles. The maximum Gasteiger partial charge on any atom is 0.310 e. The van der Waals surface area contributed by atoms with E-state index in [2.05, 4.69) is 18.7 Å².